The van der Waals surface area contributed by atoms with Gasteiger partial charge < -0.3 is 10.3 Å². The lowest BCUT2D eigenvalue weighted by molar-refractivity contribution is 0.256. The molecule has 0 aliphatic heterocycles. The Morgan fingerprint density at radius 1 is 0.970 bits per heavy atom. The number of aromatic amines is 1. The van der Waals surface area contributed by atoms with Gasteiger partial charge in [0.05, 0.1) is 0 Å². The van der Waals surface area contributed by atoms with E-state index in [1.54, 1.807) is 0 Å². The number of aryl methyl sites for hydroxylation is 3. The number of benzene rings is 2. The summed E-state index contributed by atoms with van der Waals surface area (Å²) in [6, 6.07) is 17.2. The predicted octanol–water partition coefficient (Wildman–Crippen LogP) is 4.72. The van der Waals surface area contributed by atoms with Gasteiger partial charge in [-0.2, -0.15) is 0 Å². The number of H-pyrrole nitrogens is 1. The first kappa shape index (κ1) is 22.0. The van der Waals surface area contributed by atoms with Crippen molar-refractivity contribution in [2.45, 2.75) is 27.2 Å². The van der Waals surface area contributed by atoms with E-state index in [-0.39, 0.29) is 5.96 Å². The molecule has 0 atom stereocenters. The standard InChI is InChI=1S/C25H27N7O/c1-16-8-10-20(11-9-16)30-25(33)32-23(31-24-28-17(2)14-18(3)29-24)26-13-12-19-15-27-22-7-5-4-6-21(19)22/h4-11,14-15,27H,12-13H2,1-3H3,(H3,26,28,29,30,31,32,33). The smallest absolute Gasteiger partial charge is 0.326 e. The van der Waals surface area contributed by atoms with Gasteiger partial charge in [0, 0.05) is 40.7 Å². The second kappa shape index (κ2) is 9.95. The highest BCUT2D eigenvalue weighted by Gasteiger charge is 2.10. The maximum atomic E-state index is 12.6. The lowest BCUT2D eigenvalue weighted by Gasteiger charge is -2.12. The number of para-hydroxylation sites is 1. The minimum atomic E-state index is -0.401. The molecular weight excluding hydrogens is 414 g/mol. The molecule has 2 amide bonds. The van der Waals surface area contributed by atoms with Crippen LogP contribution in [0.2, 0.25) is 0 Å². The first-order valence-electron chi connectivity index (χ1n) is 10.8. The number of carbonyl (C=O) groups excluding carboxylic acids is 1. The van der Waals surface area contributed by atoms with Crippen molar-refractivity contribution in [1.82, 2.24) is 20.3 Å². The molecule has 33 heavy (non-hydrogen) atoms. The molecule has 4 rings (SSSR count). The molecule has 0 bridgehead atoms. The molecule has 8 nitrogen and oxygen atoms in total. The normalized spacial score (nSPS) is 11.4. The fourth-order valence-corrected chi connectivity index (χ4v) is 3.53. The van der Waals surface area contributed by atoms with Gasteiger partial charge in [-0.15, -0.1) is 0 Å². The van der Waals surface area contributed by atoms with Crippen LogP contribution < -0.4 is 16.0 Å². The van der Waals surface area contributed by atoms with Crippen molar-refractivity contribution in [1.29, 1.82) is 0 Å². The Balaban J connectivity index is 1.49. The van der Waals surface area contributed by atoms with Gasteiger partial charge in [-0.25, -0.2) is 14.8 Å². The number of fused-ring (bicyclic) bond motifs is 1. The molecule has 4 aromatic rings. The number of rotatable bonds is 5. The number of hydrogen-bond donors (Lipinski definition) is 4. The van der Waals surface area contributed by atoms with E-state index in [4.69, 9.17) is 0 Å². The average Bonchev–Trinajstić information content (AvgIpc) is 3.18. The van der Waals surface area contributed by atoms with Crippen molar-refractivity contribution < 1.29 is 4.79 Å². The van der Waals surface area contributed by atoms with E-state index in [1.165, 1.54) is 10.9 Å². The van der Waals surface area contributed by atoms with Crippen LogP contribution in [0.3, 0.4) is 0 Å². The summed E-state index contributed by atoms with van der Waals surface area (Å²) < 4.78 is 0. The molecule has 8 heteroatoms. The number of amides is 2. The molecule has 2 aromatic carbocycles. The number of urea groups is 1. The average molecular weight is 442 g/mol. The Kier molecular flexibility index (Phi) is 6.64. The van der Waals surface area contributed by atoms with Gasteiger partial charge in [0.15, 0.2) is 0 Å². The molecule has 2 aromatic heterocycles. The minimum absolute atomic E-state index is 0.282. The second-order valence-corrected chi connectivity index (χ2v) is 7.88. The Hall–Kier alpha value is -4.20. The number of carbonyl (C=O) groups is 1. The number of guanidine groups is 1. The van der Waals surface area contributed by atoms with Crippen LogP contribution in [0.4, 0.5) is 16.4 Å². The van der Waals surface area contributed by atoms with E-state index in [1.807, 2.05) is 75.5 Å². The molecule has 4 N–H and O–H groups in total. The van der Waals surface area contributed by atoms with Crippen LogP contribution in [-0.4, -0.2) is 33.5 Å². The summed E-state index contributed by atoms with van der Waals surface area (Å²) in [7, 11) is 0. The fourth-order valence-electron chi connectivity index (χ4n) is 3.53. The molecule has 0 saturated heterocycles. The van der Waals surface area contributed by atoms with Crippen molar-refractivity contribution in [3.8, 4) is 0 Å². The number of nitrogens with zero attached hydrogens (tertiary/aromatic N) is 3. The largest absolute Gasteiger partial charge is 0.361 e. The summed E-state index contributed by atoms with van der Waals surface area (Å²) in [6.07, 6.45) is 2.71. The highest BCUT2D eigenvalue weighted by molar-refractivity contribution is 6.07. The molecule has 168 valence electrons. The van der Waals surface area contributed by atoms with Crippen molar-refractivity contribution in [2.24, 2.45) is 4.99 Å². The zero-order valence-electron chi connectivity index (χ0n) is 18.9. The van der Waals surface area contributed by atoms with Crippen LogP contribution >= 0.6 is 0 Å². The Morgan fingerprint density at radius 2 is 1.70 bits per heavy atom. The van der Waals surface area contributed by atoms with Crippen LogP contribution in [0.25, 0.3) is 10.9 Å². The zero-order valence-corrected chi connectivity index (χ0v) is 18.9. The van der Waals surface area contributed by atoms with Crippen LogP contribution in [0, 0.1) is 20.8 Å². The molecule has 0 aliphatic carbocycles. The van der Waals surface area contributed by atoms with Crippen molar-refractivity contribution >= 4 is 34.5 Å². The SMILES string of the molecule is Cc1ccc(NC(=O)NC(=NCCc2c[nH]c3ccccc23)Nc2nc(C)cc(C)n2)cc1. The van der Waals surface area contributed by atoms with E-state index in [2.05, 4.69) is 42.0 Å². The molecule has 0 spiro atoms. The van der Waals surface area contributed by atoms with E-state index >= 15 is 0 Å². The number of aromatic nitrogens is 3. The Morgan fingerprint density at radius 3 is 2.45 bits per heavy atom. The van der Waals surface area contributed by atoms with Gasteiger partial charge in [-0.1, -0.05) is 35.9 Å². The van der Waals surface area contributed by atoms with Gasteiger partial charge in [0.1, 0.15) is 0 Å². The van der Waals surface area contributed by atoms with Crippen LogP contribution in [-0.2, 0) is 6.42 Å². The number of anilines is 2. The van der Waals surface area contributed by atoms with E-state index in [0.29, 0.717) is 24.6 Å². The van der Waals surface area contributed by atoms with Gasteiger partial charge in [-0.3, -0.25) is 15.6 Å². The topological polar surface area (TPSA) is 107 Å². The summed E-state index contributed by atoms with van der Waals surface area (Å²) in [5.74, 6) is 0.665. The van der Waals surface area contributed by atoms with Gasteiger partial charge in [0.2, 0.25) is 11.9 Å². The van der Waals surface area contributed by atoms with Gasteiger partial charge in [0.25, 0.3) is 0 Å². The molecular formula is C25H27N7O. The molecule has 0 aliphatic rings. The quantitative estimate of drug-likeness (QED) is 0.266. The van der Waals surface area contributed by atoms with E-state index < -0.39 is 6.03 Å². The molecule has 0 saturated carbocycles. The van der Waals surface area contributed by atoms with Crippen molar-refractivity contribution in [3.05, 3.63) is 83.3 Å². The third kappa shape index (κ3) is 5.94. The molecule has 0 unspecified atom stereocenters. The third-order valence-electron chi connectivity index (χ3n) is 5.08. The van der Waals surface area contributed by atoms with Crippen molar-refractivity contribution in [2.75, 3.05) is 17.2 Å². The lowest BCUT2D eigenvalue weighted by Crippen LogP contribution is -2.39. The maximum Gasteiger partial charge on any atom is 0.326 e. The number of hydrogen-bond acceptors (Lipinski definition) is 4. The minimum Gasteiger partial charge on any atom is -0.361 e. The van der Waals surface area contributed by atoms with Crippen LogP contribution in [0.5, 0.6) is 0 Å². The van der Waals surface area contributed by atoms with Crippen molar-refractivity contribution in [3.63, 3.8) is 0 Å². The maximum absolute atomic E-state index is 12.6. The number of nitrogens with one attached hydrogen (secondary N) is 4. The first-order valence-corrected chi connectivity index (χ1v) is 10.8. The van der Waals surface area contributed by atoms with E-state index in [0.717, 1.165) is 22.5 Å². The Bertz CT molecular complexity index is 1270. The second-order valence-electron chi connectivity index (χ2n) is 7.88. The summed E-state index contributed by atoms with van der Waals surface area (Å²) in [5.41, 5.74) is 5.72. The molecule has 0 radical (unpaired) electrons. The summed E-state index contributed by atoms with van der Waals surface area (Å²) >= 11 is 0. The summed E-state index contributed by atoms with van der Waals surface area (Å²) in [5, 5.41) is 9.83. The van der Waals surface area contributed by atoms with Gasteiger partial charge >= 0.3 is 6.03 Å². The molecule has 2 heterocycles. The van der Waals surface area contributed by atoms with Crippen LogP contribution in [0.1, 0.15) is 22.5 Å². The third-order valence-corrected chi connectivity index (χ3v) is 5.08. The molecule has 0 fully saturated rings. The predicted molar refractivity (Wildman–Crippen MR) is 133 cm³/mol. The first-order chi connectivity index (χ1) is 16.0. The highest BCUT2D eigenvalue weighted by Crippen LogP contribution is 2.18. The summed E-state index contributed by atoms with van der Waals surface area (Å²) in [4.78, 5) is 29.3. The highest BCUT2D eigenvalue weighted by atomic mass is 16.2. The lowest BCUT2D eigenvalue weighted by atomic mass is 10.1. The summed E-state index contributed by atoms with van der Waals surface area (Å²) in [6.45, 7) is 6.26. The zero-order chi connectivity index (χ0) is 23.2. The fraction of sp³-hybridized carbons (Fsp3) is 0.200. The van der Waals surface area contributed by atoms with Crippen LogP contribution in [0.15, 0.2) is 65.8 Å². The Labute approximate surface area is 192 Å². The monoisotopic (exact) mass is 441 g/mol. The van der Waals surface area contributed by atoms with Gasteiger partial charge in [-0.05, 0) is 57.0 Å². The number of aliphatic imine (C=N–C) groups is 1. The van der Waals surface area contributed by atoms with E-state index in [9.17, 15) is 4.79 Å².